The summed E-state index contributed by atoms with van der Waals surface area (Å²) >= 11 is 6.80. The normalized spacial score (nSPS) is 33.2. The average molecular weight is 282 g/mol. The van der Waals surface area contributed by atoms with E-state index in [-0.39, 0.29) is 0 Å². The minimum atomic E-state index is 0.529. The molecule has 1 saturated carbocycles. The molecule has 64 valence electrons. The Morgan fingerprint density at radius 1 is 1.45 bits per heavy atom. The summed E-state index contributed by atoms with van der Waals surface area (Å²) in [6, 6.07) is 0. The van der Waals surface area contributed by atoms with Gasteiger partial charge in [0, 0.05) is 0 Å². The molecule has 0 aromatic heterocycles. The molecule has 1 rings (SSSR count). The van der Waals surface area contributed by atoms with Gasteiger partial charge in [-0.15, -0.1) is 0 Å². The first-order valence-electron chi connectivity index (χ1n) is 4.03. The molecule has 0 radical (unpaired) electrons. The molecule has 1 aliphatic carbocycles. The second-order valence-corrected chi connectivity index (χ2v) is 6.59. The van der Waals surface area contributed by atoms with Crippen molar-refractivity contribution in [1.29, 1.82) is 0 Å². The Kier molecular flexibility index (Phi) is 2.86. The molecule has 2 atom stereocenters. The highest BCUT2D eigenvalue weighted by molar-refractivity contribution is 9.28. The highest BCUT2D eigenvalue weighted by Crippen LogP contribution is 2.61. The molecular weight excluding hydrogens is 268 g/mol. The Balaban J connectivity index is 2.59. The monoisotopic (exact) mass is 280 g/mol. The van der Waals surface area contributed by atoms with Gasteiger partial charge in [-0.1, -0.05) is 33.3 Å². The Morgan fingerprint density at radius 3 is 2.27 bits per heavy atom. The molecular formula is C9H14Br2. The standard InChI is InChI=1S/C9H14Br2/c1-4-6-7(5-8(10)11)9(6,2)3/h5-7H,4H2,1-3H3. The van der Waals surface area contributed by atoms with Crippen molar-refractivity contribution in [2.75, 3.05) is 0 Å². The lowest BCUT2D eigenvalue weighted by atomic mass is 10.1. The molecule has 0 aliphatic heterocycles. The van der Waals surface area contributed by atoms with Crippen LogP contribution in [0.1, 0.15) is 27.2 Å². The maximum Gasteiger partial charge on any atom is 0.0567 e. The summed E-state index contributed by atoms with van der Waals surface area (Å²) < 4.78 is 1.10. The van der Waals surface area contributed by atoms with Crippen LogP contribution in [0.25, 0.3) is 0 Å². The number of allylic oxidation sites excluding steroid dienone is 1. The summed E-state index contributed by atoms with van der Waals surface area (Å²) in [4.78, 5) is 0. The fraction of sp³-hybridized carbons (Fsp3) is 0.778. The first-order chi connectivity index (χ1) is 5.00. The van der Waals surface area contributed by atoms with Gasteiger partial charge in [-0.25, -0.2) is 0 Å². The van der Waals surface area contributed by atoms with Gasteiger partial charge in [0.1, 0.15) is 0 Å². The van der Waals surface area contributed by atoms with Crippen molar-refractivity contribution in [3.8, 4) is 0 Å². The minimum absolute atomic E-state index is 0.529. The van der Waals surface area contributed by atoms with Crippen LogP contribution in [0, 0.1) is 17.3 Å². The van der Waals surface area contributed by atoms with Crippen molar-refractivity contribution in [3.05, 3.63) is 9.47 Å². The van der Waals surface area contributed by atoms with E-state index in [4.69, 9.17) is 0 Å². The zero-order valence-electron chi connectivity index (χ0n) is 7.20. The van der Waals surface area contributed by atoms with Crippen LogP contribution in [-0.4, -0.2) is 0 Å². The highest BCUT2D eigenvalue weighted by atomic mass is 79.9. The first-order valence-corrected chi connectivity index (χ1v) is 5.61. The van der Waals surface area contributed by atoms with E-state index < -0.39 is 0 Å². The molecule has 2 heteroatoms. The highest BCUT2D eigenvalue weighted by Gasteiger charge is 2.54. The Labute approximate surface area is 85.7 Å². The molecule has 2 unspecified atom stereocenters. The van der Waals surface area contributed by atoms with Crippen molar-refractivity contribution in [3.63, 3.8) is 0 Å². The molecule has 0 aromatic carbocycles. The Morgan fingerprint density at radius 2 is 2.00 bits per heavy atom. The van der Waals surface area contributed by atoms with Gasteiger partial charge in [0.2, 0.25) is 0 Å². The van der Waals surface area contributed by atoms with Crippen LogP contribution >= 0.6 is 31.9 Å². The van der Waals surface area contributed by atoms with E-state index >= 15 is 0 Å². The average Bonchev–Trinajstić information content (AvgIpc) is 2.33. The maximum absolute atomic E-state index is 3.40. The molecule has 0 amide bonds. The zero-order chi connectivity index (χ0) is 8.65. The fourth-order valence-electron chi connectivity index (χ4n) is 2.03. The summed E-state index contributed by atoms with van der Waals surface area (Å²) in [5, 5.41) is 0. The van der Waals surface area contributed by atoms with Gasteiger partial charge in [-0.2, -0.15) is 0 Å². The molecule has 0 aromatic rings. The van der Waals surface area contributed by atoms with Crippen LogP contribution in [-0.2, 0) is 0 Å². The zero-order valence-corrected chi connectivity index (χ0v) is 10.4. The second kappa shape index (κ2) is 3.21. The third-order valence-electron chi connectivity index (χ3n) is 2.88. The van der Waals surface area contributed by atoms with Gasteiger partial charge in [-0.05, 0) is 49.1 Å². The molecule has 0 nitrogen and oxygen atoms in total. The van der Waals surface area contributed by atoms with Crippen LogP contribution < -0.4 is 0 Å². The smallest absolute Gasteiger partial charge is 0.0567 e. The largest absolute Gasteiger partial charge is 0.0651 e. The minimum Gasteiger partial charge on any atom is -0.0651 e. The third kappa shape index (κ3) is 1.89. The first kappa shape index (κ1) is 9.79. The van der Waals surface area contributed by atoms with Crippen molar-refractivity contribution in [2.45, 2.75) is 27.2 Å². The van der Waals surface area contributed by atoms with Crippen LogP contribution in [0.2, 0.25) is 0 Å². The van der Waals surface area contributed by atoms with E-state index in [1.54, 1.807) is 0 Å². The van der Waals surface area contributed by atoms with Crippen LogP contribution in [0.15, 0.2) is 9.47 Å². The second-order valence-electron chi connectivity index (χ2n) is 3.82. The van der Waals surface area contributed by atoms with Crippen molar-refractivity contribution >= 4 is 31.9 Å². The van der Waals surface area contributed by atoms with Crippen molar-refractivity contribution < 1.29 is 0 Å². The Hall–Kier alpha value is 0.700. The van der Waals surface area contributed by atoms with Crippen LogP contribution in [0.5, 0.6) is 0 Å². The molecule has 0 N–H and O–H groups in total. The molecule has 0 saturated heterocycles. The summed E-state index contributed by atoms with van der Waals surface area (Å²) in [5.74, 6) is 1.65. The van der Waals surface area contributed by atoms with E-state index in [9.17, 15) is 0 Å². The number of halogens is 2. The van der Waals surface area contributed by atoms with E-state index in [2.05, 4.69) is 58.7 Å². The van der Waals surface area contributed by atoms with Gasteiger partial charge in [0.15, 0.2) is 0 Å². The maximum atomic E-state index is 3.40. The van der Waals surface area contributed by atoms with Crippen molar-refractivity contribution in [1.82, 2.24) is 0 Å². The van der Waals surface area contributed by atoms with E-state index in [0.717, 1.165) is 15.2 Å². The van der Waals surface area contributed by atoms with Crippen molar-refractivity contribution in [2.24, 2.45) is 17.3 Å². The predicted octanol–water partition coefficient (Wildman–Crippen LogP) is 4.30. The molecule has 1 fully saturated rings. The summed E-state index contributed by atoms with van der Waals surface area (Å²) in [5.41, 5.74) is 0.529. The fourth-order valence-corrected chi connectivity index (χ4v) is 2.60. The van der Waals surface area contributed by atoms with Gasteiger partial charge in [0.25, 0.3) is 0 Å². The Bertz CT molecular complexity index is 178. The molecule has 0 spiro atoms. The molecule has 1 aliphatic rings. The van der Waals surface area contributed by atoms with Gasteiger partial charge in [-0.3, -0.25) is 0 Å². The molecule has 11 heavy (non-hydrogen) atoms. The lowest BCUT2D eigenvalue weighted by molar-refractivity contribution is 0.543. The third-order valence-corrected chi connectivity index (χ3v) is 3.41. The molecule has 0 heterocycles. The van der Waals surface area contributed by atoms with Crippen LogP contribution in [0.4, 0.5) is 0 Å². The number of hydrogen-bond acceptors (Lipinski definition) is 0. The quantitative estimate of drug-likeness (QED) is 0.708. The summed E-state index contributed by atoms with van der Waals surface area (Å²) in [6.07, 6.45) is 3.57. The van der Waals surface area contributed by atoms with E-state index in [1.807, 2.05) is 0 Å². The lowest BCUT2D eigenvalue weighted by Crippen LogP contribution is -1.88. The van der Waals surface area contributed by atoms with E-state index in [0.29, 0.717) is 5.41 Å². The SMILES string of the molecule is CCC1C(C=C(Br)Br)C1(C)C. The van der Waals surface area contributed by atoms with E-state index in [1.165, 1.54) is 6.42 Å². The summed E-state index contributed by atoms with van der Waals surface area (Å²) in [7, 11) is 0. The van der Waals surface area contributed by atoms with Gasteiger partial charge in [0.05, 0.1) is 3.39 Å². The van der Waals surface area contributed by atoms with Crippen LogP contribution in [0.3, 0.4) is 0 Å². The topological polar surface area (TPSA) is 0 Å². The number of rotatable bonds is 2. The lowest BCUT2D eigenvalue weighted by Gasteiger charge is -1.97. The molecule has 0 bridgehead atoms. The summed E-state index contributed by atoms with van der Waals surface area (Å²) in [6.45, 7) is 6.94. The predicted molar refractivity (Wildman–Crippen MR) is 57.0 cm³/mol. The number of hydrogen-bond donors (Lipinski definition) is 0. The van der Waals surface area contributed by atoms with Gasteiger partial charge < -0.3 is 0 Å². The van der Waals surface area contributed by atoms with Gasteiger partial charge >= 0.3 is 0 Å².